The van der Waals surface area contributed by atoms with E-state index in [-0.39, 0.29) is 5.94 Å². The van der Waals surface area contributed by atoms with Crippen LogP contribution in [0.1, 0.15) is 6.42 Å². The van der Waals surface area contributed by atoms with Crippen molar-refractivity contribution in [1.29, 1.82) is 0 Å². The number of hydrogen-bond donors (Lipinski definition) is 2. The number of amides is 1. The van der Waals surface area contributed by atoms with Gasteiger partial charge in [0.15, 0.2) is 0 Å². The molecule has 3 nitrogen and oxygen atoms in total. The lowest BCUT2D eigenvalue weighted by Gasteiger charge is -2.15. The molecule has 2 radical (unpaired) electrons. The van der Waals surface area contributed by atoms with Gasteiger partial charge in [0, 0.05) is 6.54 Å². The van der Waals surface area contributed by atoms with Gasteiger partial charge < -0.3 is 10.6 Å². The Morgan fingerprint density at radius 1 is 1.29 bits per heavy atom. The maximum absolute atomic E-state index is 10.0. The molecule has 1 amide bonds. The summed E-state index contributed by atoms with van der Waals surface area (Å²) in [5.74, 6) is -0.250. The number of allylic oxidation sites excluding steroid dienone is 4. The van der Waals surface area contributed by atoms with Crippen LogP contribution >= 0.6 is 0 Å². The topological polar surface area (TPSA) is 41.1 Å². The van der Waals surface area contributed by atoms with Gasteiger partial charge in [0.1, 0.15) is 0 Å². The summed E-state index contributed by atoms with van der Waals surface area (Å²) in [5, 5.41) is 5.75. The van der Waals surface area contributed by atoms with Crippen molar-refractivity contribution in [2.24, 2.45) is 0 Å². The van der Waals surface area contributed by atoms with Crippen molar-refractivity contribution in [3.63, 3.8) is 0 Å². The van der Waals surface area contributed by atoms with Crippen LogP contribution in [0.5, 0.6) is 0 Å². The first-order valence-corrected chi connectivity index (χ1v) is 5.54. The Kier molecular flexibility index (Phi) is 9.96. The number of rotatable bonds is 10. The van der Waals surface area contributed by atoms with E-state index in [1.807, 2.05) is 18.2 Å². The number of hydrogen-bond acceptors (Lipinski definition) is 2. The highest BCUT2D eigenvalue weighted by atomic mass is 16.1. The fraction of sp³-hybridized carbons (Fsp3) is 0.308. The maximum atomic E-state index is 10.0. The summed E-state index contributed by atoms with van der Waals surface area (Å²) >= 11 is 0. The summed E-state index contributed by atoms with van der Waals surface area (Å²) in [6.45, 7) is 8.63. The largest absolute Gasteiger partial charge is 0.359 e. The van der Waals surface area contributed by atoms with E-state index in [0.29, 0.717) is 13.0 Å². The van der Waals surface area contributed by atoms with E-state index in [9.17, 15) is 4.79 Å². The highest BCUT2D eigenvalue weighted by molar-refractivity contribution is 6.14. The van der Waals surface area contributed by atoms with E-state index in [4.69, 9.17) is 7.85 Å². The van der Waals surface area contributed by atoms with Crippen LogP contribution in [0.4, 0.5) is 0 Å². The van der Waals surface area contributed by atoms with Gasteiger partial charge in [-0.05, 0) is 24.5 Å². The summed E-state index contributed by atoms with van der Waals surface area (Å²) in [6.07, 6.45) is 10.5. The van der Waals surface area contributed by atoms with Gasteiger partial charge in [-0.3, -0.25) is 4.79 Å². The Labute approximate surface area is 105 Å². The fourth-order valence-corrected chi connectivity index (χ4v) is 1.20. The molecule has 0 aliphatic carbocycles. The quantitative estimate of drug-likeness (QED) is 0.255. The van der Waals surface area contributed by atoms with Crippen LogP contribution in [-0.4, -0.2) is 33.3 Å². The summed E-state index contributed by atoms with van der Waals surface area (Å²) in [7, 11) is 5.96. The third-order valence-corrected chi connectivity index (χ3v) is 2.04. The number of nitrogens with one attached hydrogen (secondary N) is 2. The van der Waals surface area contributed by atoms with Gasteiger partial charge in [0.2, 0.25) is 6.41 Å². The Balaban J connectivity index is 4.05. The van der Waals surface area contributed by atoms with Crippen LogP contribution < -0.4 is 10.6 Å². The maximum Gasteiger partial charge on any atom is 0.207 e. The highest BCUT2D eigenvalue weighted by Crippen LogP contribution is 2.02. The van der Waals surface area contributed by atoms with Crippen LogP contribution in [0.25, 0.3) is 0 Å². The first-order valence-electron chi connectivity index (χ1n) is 5.54. The summed E-state index contributed by atoms with van der Waals surface area (Å²) < 4.78 is 0. The molecular weight excluding hydrogens is 211 g/mol. The van der Waals surface area contributed by atoms with E-state index >= 15 is 0 Å². The predicted octanol–water partition coefficient (Wildman–Crippen LogP) is 1.06. The average molecular weight is 230 g/mol. The third-order valence-electron chi connectivity index (χ3n) is 2.04. The van der Waals surface area contributed by atoms with E-state index in [1.165, 1.54) is 0 Å². The van der Waals surface area contributed by atoms with Crippen LogP contribution in [0.2, 0.25) is 0 Å². The standard InChI is InChI=1S/C13H19BN2O/c1-3-5-8-12(7-4-2)13(14)16-10-6-9-15-11-17/h3-5,7-8,11,13,16H,1-2,6,9-10H2,(H,15,17)/b8-5-,12-7+. The van der Waals surface area contributed by atoms with Crippen LogP contribution in [0.3, 0.4) is 0 Å². The van der Waals surface area contributed by atoms with Gasteiger partial charge in [-0.25, -0.2) is 0 Å². The Morgan fingerprint density at radius 2 is 2.06 bits per heavy atom. The Hall–Kier alpha value is -1.55. The van der Waals surface area contributed by atoms with Crippen molar-refractivity contribution < 1.29 is 4.79 Å². The predicted molar refractivity (Wildman–Crippen MR) is 73.8 cm³/mol. The molecule has 0 aliphatic rings. The number of carbonyl (C=O) groups is 1. The molecule has 0 heterocycles. The molecule has 0 bridgehead atoms. The molecule has 0 spiro atoms. The van der Waals surface area contributed by atoms with Crippen molar-refractivity contribution in [3.8, 4) is 0 Å². The van der Waals surface area contributed by atoms with Crippen molar-refractivity contribution in [2.75, 3.05) is 13.1 Å². The molecule has 0 aromatic heterocycles. The van der Waals surface area contributed by atoms with Crippen LogP contribution in [0, 0.1) is 0 Å². The molecule has 1 atom stereocenters. The van der Waals surface area contributed by atoms with E-state index < -0.39 is 0 Å². The molecule has 0 saturated heterocycles. The van der Waals surface area contributed by atoms with Gasteiger partial charge in [0.25, 0.3) is 0 Å². The SMILES string of the molecule is [B]C(NCCCNC=O)C(/C=C\C=C)=C/C=C. The summed E-state index contributed by atoms with van der Waals surface area (Å²) in [4.78, 5) is 10.0. The van der Waals surface area contributed by atoms with Gasteiger partial charge in [0.05, 0.1) is 7.85 Å². The summed E-state index contributed by atoms with van der Waals surface area (Å²) in [5.41, 5.74) is 0.934. The molecule has 0 rings (SSSR count). The Bertz CT molecular complexity index is 298. The third kappa shape index (κ3) is 8.28. The second-order valence-electron chi connectivity index (χ2n) is 3.35. The minimum atomic E-state index is -0.250. The first-order chi connectivity index (χ1) is 8.26. The smallest absolute Gasteiger partial charge is 0.207 e. The van der Waals surface area contributed by atoms with Gasteiger partial charge in [-0.15, -0.1) is 0 Å². The molecule has 0 saturated carbocycles. The second kappa shape index (κ2) is 11.0. The van der Waals surface area contributed by atoms with E-state index in [0.717, 1.165) is 18.5 Å². The summed E-state index contributed by atoms with van der Waals surface area (Å²) in [6, 6.07) is 0. The van der Waals surface area contributed by atoms with Crippen molar-refractivity contribution >= 4 is 14.3 Å². The van der Waals surface area contributed by atoms with Crippen LogP contribution in [-0.2, 0) is 4.79 Å². The first kappa shape index (κ1) is 15.5. The average Bonchev–Trinajstić information content (AvgIpc) is 2.34. The van der Waals surface area contributed by atoms with Crippen molar-refractivity contribution in [2.45, 2.75) is 12.4 Å². The zero-order valence-corrected chi connectivity index (χ0v) is 10.1. The normalized spacial score (nSPS) is 13.3. The molecular formula is C13H19BN2O. The van der Waals surface area contributed by atoms with Crippen molar-refractivity contribution in [1.82, 2.24) is 10.6 Å². The van der Waals surface area contributed by atoms with Gasteiger partial charge >= 0.3 is 0 Å². The fourth-order valence-electron chi connectivity index (χ4n) is 1.20. The molecule has 90 valence electrons. The monoisotopic (exact) mass is 230 g/mol. The zero-order valence-electron chi connectivity index (χ0n) is 10.1. The van der Waals surface area contributed by atoms with Gasteiger partial charge in [-0.1, -0.05) is 43.5 Å². The highest BCUT2D eigenvalue weighted by Gasteiger charge is 2.03. The minimum Gasteiger partial charge on any atom is -0.359 e. The van der Waals surface area contributed by atoms with Gasteiger partial charge in [-0.2, -0.15) is 0 Å². The molecule has 0 aromatic carbocycles. The number of carbonyl (C=O) groups excluding carboxylic acids is 1. The molecule has 2 N–H and O–H groups in total. The molecule has 17 heavy (non-hydrogen) atoms. The molecule has 0 aliphatic heterocycles. The lowest BCUT2D eigenvalue weighted by atomic mass is 9.88. The molecule has 0 fully saturated rings. The van der Waals surface area contributed by atoms with Crippen molar-refractivity contribution in [3.05, 3.63) is 49.1 Å². The molecule has 1 unspecified atom stereocenters. The zero-order chi connectivity index (χ0) is 12.9. The van der Waals surface area contributed by atoms with E-state index in [2.05, 4.69) is 23.8 Å². The molecule has 4 heteroatoms. The van der Waals surface area contributed by atoms with Crippen LogP contribution in [0.15, 0.2) is 49.1 Å². The minimum absolute atomic E-state index is 0.250. The van der Waals surface area contributed by atoms with E-state index in [1.54, 1.807) is 12.2 Å². The molecule has 0 aromatic rings. The lowest BCUT2D eigenvalue weighted by Crippen LogP contribution is -2.33. The second-order valence-corrected chi connectivity index (χ2v) is 3.35. The Morgan fingerprint density at radius 3 is 2.65 bits per heavy atom. The lowest BCUT2D eigenvalue weighted by molar-refractivity contribution is -0.109.